The van der Waals surface area contributed by atoms with E-state index in [1.165, 1.54) is 23.5 Å². The van der Waals surface area contributed by atoms with E-state index in [4.69, 9.17) is 4.98 Å². The average Bonchev–Trinajstić information content (AvgIpc) is 3.33. The van der Waals surface area contributed by atoms with Gasteiger partial charge < -0.3 is 15.1 Å². The van der Waals surface area contributed by atoms with Crippen LogP contribution in [0.4, 0.5) is 5.13 Å². The molecular formula is C17H28IN7S. The molecule has 1 fully saturated rings. The molecule has 2 aromatic heterocycles. The van der Waals surface area contributed by atoms with Gasteiger partial charge in [-0.1, -0.05) is 0 Å². The average molecular weight is 489 g/mol. The van der Waals surface area contributed by atoms with Crippen LogP contribution < -0.4 is 10.2 Å². The number of aryl methyl sites for hydroxylation is 1. The number of hydrogen-bond donors (Lipinski definition) is 1. The summed E-state index contributed by atoms with van der Waals surface area (Å²) in [4.78, 5) is 13.6. The summed E-state index contributed by atoms with van der Waals surface area (Å²) in [5.41, 5.74) is 2.33. The zero-order valence-corrected chi connectivity index (χ0v) is 18.8. The van der Waals surface area contributed by atoms with Crippen LogP contribution in [0, 0.1) is 0 Å². The fourth-order valence-electron chi connectivity index (χ4n) is 3.05. The van der Waals surface area contributed by atoms with Gasteiger partial charge in [0.05, 0.1) is 11.9 Å². The van der Waals surface area contributed by atoms with Crippen molar-refractivity contribution in [1.29, 1.82) is 0 Å². The largest absolute Gasteiger partial charge is 0.356 e. The van der Waals surface area contributed by atoms with Crippen molar-refractivity contribution in [2.75, 3.05) is 38.6 Å². The molecule has 1 saturated heterocycles. The van der Waals surface area contributed by atoms with Gasteiger partial charge in [-0.2, -0.15) is 5.10 Å². The third kappa shape index (κ3) is 5.57. The third-order valence-electron chi connectivity index (χ3n) is 4.33. The molecule has 26 heavy (non-hydrogen) atoms. The Kier molecular flexibility index (Phi) is 8.14. The number of nitrogens with one attached hydrogen (secondary N) is 1. The Labute approximate surface area is 176 Å². The molecule has 1 N–H and O–H groups in total. The minimum atomic E-state index is 0. The third-order valence-corrected chi connectivity index (χ3v) is 5.28. The van der Waals surface area contributed by atoms with E-state index in [9.17, 15) is 0 Å². The van der Waals surface area contributed by atoms with Crippen LogP contribution in [-0.2, 0) is 20.0 Å². The van der Waals surface area contributed by atoms with E-state index in [0.717, 1.165) is 44.3 Å². The van der Waals surface area contributed by atoms with Crippen LogP contribution in [0.15, 0.2) is 22.8 Å². The Balaban J connectivity index is 0.00000243. The smallest absolute Gasteiger partial charge is 0.193 e. The molecule has 1 aliphatic heterocycles. The van der Waals surface area contributed by atoms with Crippen LogP contribution in [0.5, 0.6) is 0 Å². The highest BCUT2D eigenvalue weighted by Crippen LogP contribution is 2.24. The molecule has 9 heteroatoms. The summed E-state index contributed by atoms with van der Waals surface area (Å²) in [5, 5.41) is 11.0. The molecule has 3 heterocycles. The quantitative estimate of drug-likeness (QED) is 0.384. The van der Waals surface area contributed by atoms with Crippen molar-refractivity contribution >= 4 is 46.4 Å². The topological polar surface area (TPSA) is 61.6 Å². The van der Waals surface area contributed by atoms with E-state index >= 15 is 0 Å². The maximum Gasteiger partial charge on any atom is 0.193 e. The van der Waals surface area contributed by atoms with Crippen molar-refractivity contribution in [1.82, 2.24) is 25.0 Å². The van der Waals surface area contributed by atoms with Gasteiger partial charge in [0.1, 0.15) is 0 Å². The second kappa shape index (κ2) is 10.1. The number of guanidine groups is 1. The fraction of sp³-hybridized carbons (Fsp3) is 0.588. The van der Waals surface area contributed by atoms with Gasteiger partial charge in [0, 0.05) is 70.9 Å². The van der Waals surface area contributed by atoms with Crippen molar-refractivity contribution in [2.24, 2.45) is 12.0 Å². The number of nitrogens with zero attached hydrogens (tertiary/aromatic N) is 6. The molecule has 144 valence electrons. The van der Waals surface area contributed by atoms with E-state index < -0.39 is 0 Å². The summed E-state index contributed by atoms with van der Waals surface area (Å²) < 4.78 is 1.82. The van der Waals surface area contributed by atoms with Crippen molar-refractivity contribution in [2.45, 2.75) is 25.8 Å². The minimum Gasteiger partial charge on any atom is -0.356 e. The standard InChI is InChI=1S/C17H27N7S.HI/c1-18-16(22(2)11-14-10-20-23(3)12-14)19-7-6-15-13-25-17(21-15)24-8-4-5-9-24;/h10,12-13H,4-9,11H2,1-3H3,(H,18,19);1H. The zero-order valence-electron chi connectivity index (χ0n) is 15.7. The van der Waals surface area contributed by atoms with Gasteiger partial charge in [-0.25, -0.2) is 4.98 Å². The Hall–Kier alpha value is -1.36. The number of anilines is 1. The highest BCUT2D eigenvalue weighted by molar-refractivity contribution is 14.0. The van der Waals surface area contributed by atoms with E-state index in [2.05, 4.69) is 30.6 Å². The molecule has 2 aromatic rings. The zero-order chi connectivity index (χ0) is 17.6. The van der Waals surface area contributed by atoms with Gasteiger partial charge in [0.15, 0.2) is 11.1 Å². The van der Waals surface area contributed by atoms with Crippen LogP contribution in [0.1, 0.15) is 24.1 Å². The SMILES string of the molecule is CN=C(NCCc1csc(N2CCCC2)n1)N(C)Cc1cnn(C)c1.I. The lowest BCUT2D eigenvalue weighted by Gasteiger charge is -2.21. The van der Waals surface area contributed by atoms with Crippen LogP contribution in [-0.4, -0.2) is 59.4 Å². The van der Waals surface area contributed by atoms with Gasteiger partial charge in [-0.3, -0.25) is 9.67 Å². The summed E-state index contributed by atoms with van der Waals surface area (Å²) in [7, 11) is 5.79. The van der Waals surface area contributed by atoms with Crippen molar-refractivity contribution in [3.63, 3.8) is 0 Å². The molecule has 0 amide bonds. The predicted octanol–water partition coefficient (Wildman–Crippen LogP) is 2.34. The normalized spacial score (nSPS) is 14.4. The van der Waals surface area contributed by atoms with Crippen LogP contribution in [0.25, 0.3) is 0 Å². The van der Waals surface area contributed by atoms with E-state index in [0.29, 0.717) is 0 Å². The molecule has 0 radical (unpaired) electrons. The lowest BCUT2D eigenvalue weighted by molar-refractivity contribution is 0.477. The fourth-order valence-corrected chi connectivity index (χ4v) is 3.97. The van der Waals surface area contributed by atoms with Crippen molar-refractivity contribution < 1.29 is 0 Å². The Bertz CT molecular complexity index is 706. The Morgan fingerprint density at radius 3 is 2.81 bits per heavy atom. The molecule has 0 aliphatic carbocycles. The van der Waals surface area contributed by atoms with E-state index in [1.807, 2.05) is 38.2 Å². The molecular weight excluding hydrogens is 461 g/mol. The number of aromatic nitrogens is 3. The summed E-state index contributed by atoms with van der Waals surface area (Å²) in [6.07, 6.45) is 7.40. The van der Waals surface area contributed by atoms with E-state index in [1.54, 1.807) is 11.3 Å². The number of halogens is 1. The summed E-state index contributed by atoms with van der Waals surface area (Å²) in [5.74, 6) is 0.888. The second-order valence-electron chi connectivity index (χ2n) is 6.42. The maximum absolute atomic E-state index is 4.77. The van der Waals surface area contributed by atoms with E-state index in [-0.39, 0.29) is 24.0 Å². The Morgan fingerprint density at radius 1 is 1.38 bits per heavy atom. The predicted molar refractivity (Wildman–Crippen MR) is 119 cm³/mol. The summed E-state index contributed by atoms with van der Waals surface area (Å²) >= 11 is 1.76. The van der Waals surface area contributed by atoms with Gasteiger partial charge in [0.2, 0.25) is 0 Å². The summed E-state index contributed by atoms with van der Waals surface area (Å²) in [6.45, 7) is 3.91. The number of rotatable bonds is 6. The maximum atomic E-state index is 4.77. The lowest BCUT2D eigenvalue weighted by atomic mass is 10.3. The first kappa shape index (κ1) is 20.9. The molecule has 3 rings (SSSR count). The highest BCUT2D eigenvalue weighted by atomic mass is 127. The first-order valence-electron chi connectivity index (χ1n) is 8.74. The molecule has 0 aromatic carbocycles. The molecule has 1 aliphatic rings. The number of hydrogen-bond acceptors (Lipinski definition) is 5. The van der Waals surface area contributed by atoms with Crippen molar-refractivity contribution in [3.8, 4) is 0 Å². The van der Waals surface area contributed by atoms with Gasteiger partial charge in [-0.05, 0) is 12.8 Å². The Morgan fingerprint density at radius 2 is 2.15 bits per heavy atom. The monoisotopic (exact) mass is 489 g/mol. The molecule has 0 bridgehead atoms. The molecule has 0 spiro atoms. The molecule has 7 nitrogen and oxygen atoms in total. The van der Waals surface area contributed by atoms with Crippen LogP contribution >= 0.6 is 35.3 Å². The van der Waals surface area contributed by atoms with Crippen LogP contribution in [0.2, 0.25) is 0 Å². The van der Waals surface area contributed by atoms with Crippen molar-refractivity contribution in [3.05, 3.63) is 29.0 Å². The molecule has 0 atom stereocenters. The highest BCUT2D eigenvalue weighted by Gasteiger charge is 2.15. The van der Waals surface area contributed by atoms with Gasteiger partial charge >= 0.3 is 0 Å². The second-order valence-corrected chi connectivity index (χ2v) is 7.25. The number of aliphatic imine (C=N–C) groups is 1. The lowest BCUT2D eigenvalue weighted by Crippen LogP contribution is -2.39. The van der Waals surface area contributed by atoms with Crippen LogP contribution in [0.3, 0.4) is 0 Å². The summed E-state index contributed by atoms with van der Waals surface area (Å²) in [6, 6.07) is 0. The van der Waals surface area contributed by atoms with Gasteiger partial charge in [-0.15, -0.1) is 35.3 Å². The first-order valence-corrected chi connectivity index (χ1v) is 9.62. The molecule has 0 unspecified atom stereocenters. The van der Waals surface area contributed by atoms with Gasteiger partial charge in [0.25, 0.3) is 0 Å². The molecule has 0 saturated carbocycles. The minimum absolute atomic E-state index is 0. The number of thiazole rings is 1. The first-order chi connectivity index (χ1) is 12.2.